The zero-order chi connectivity index (χ0) is 18.7. The van der Waals surface area contributed by atoms with Crippen LogP contribution in [-0.4, -0.2) is 35.8 Å². The fourth-order valence-electron chi connectivity index (χ4n) is 2.75. The number of ether oxygens (including phenoxy) is 2. The molecule has 0 unspecified atom stereocenters. The Morgan fingerprint density at radius 1 is 1.31 bits per heavy atom. The number of hydrogen-bond acceptors (Lipinski definition) is 4. The van der Waals surface area contributed by atoms with Crippen LogP contribution < -0.4 is 0 Å². The van der Waals surface area contributed by atoms with Crippen LogP contribution in [0.4, 0.5) is 4.39 Å². The summed E-state index contributed by atoms with van der Waals surface area (Å²) in [5.41, 5.74) is 2.30. The molecule has 0 atom stereocenters. The van der Waals surface area contributed by atoms with Gasteiger partial charge < -0.3 is 14.0 Å². The topological polar surface area (TPSA) is 53.4 Å². The SMILES string of the molecule is CCOCCn1cc(-c2ccc(Cl)c(F)c2)c2ccc(C(=O)OC)nc21. The second kappa shape index (κ2) is 7.85. The first kappa shape index (κ1) is 18.4. The van der Waals surface area contributed by atoms with Gasteiger partial charge in [-0.25, -0.2) is 14.2 Å². The first-order valence-corrected chi connectivity index (χ1v) is 8.54. The van der Waals surface area contributed by atoms with E-state index in [4.69, 9.17) is 21.1 Å². The minimum atomic E-state index is -0.511. The number of fused-ring (bicyclic) bond motifs is 1. The molecule has 5 nitrogen and oxygen atoms in total. The lowest BCUT2D eigenvalue weighted by Gasteiger charge is -2.05. The van der Waals surface area contributed by atoms with Crippen LogP contribution >= 0.6 is 11.6 Å². The first-order chi connectivity index (χ1) is 12.5. The lowest BCUT2D eigenvalue weighted by atomic mass is 10.1. The molecule has 0 fully saturated rings. The fourth-order valence-corrected chi connectivity index (χ4v) is 2.87. The van der Waals surface area contributed by atoms with E-state index >= 15 is 0 Å². The summed E-state index contributed by atoms with van der Waals surface area (Å²) < 4.78 is 26.0. The Labute approximate surface area is 155 Å². The molecule has 0 radical (unpaired) electrons. The van der Waals surface area contributed by atoms with Crippen LogP contribution in [0, 0.1) is 5.82 Å². The van der Waals surface area contributed by atoms with Gasteiger partial charge in [0.1, 0.15) is 11.5 Å². The number of hydrogen-bond donors (Lipinski definition) is 0. The smallest absolute Gasteiger partial charge is 0.356 e. The molecule has 0 saturated heterocycles. The van der Waals surface area contributed by atoms with Gasteiger partial charge in [-0.2, -0.15) is 0 Å². The Hall–Kier alpha value is -2.44. The summed E-state index contributed by atoms with van der Waals surface area (Å²) in [6.45, 7) is 3.58. The van der Waals surface area contributed by atoms with Gasteiger partial charge in [0.15, 0.2) is 5.69 Å². The van der Waals surface area contributed by atoms with E-state index in [9.17, 15) is 9.18 Å². The van der Waals surface area contributed by atoms with Crippen molar-refractivity contribution >= 4 is 28.6 Å². The summed E-state index contributed by atoms with van der Waals surface area (Å²) in [5, 5.41) is 0.871. The summed E-state index contributed by atoms with van der Waals surface area (Å²) in [7, 11) is 1.31. The zero-order valence-electron chi connectivity index (χ0n) is 14.5. The Bertz CT molecular complexity index is 955. The molecule has 0 saturated carbocycles. The third-order valence-electron chi connectivity index (χ3n) is 4.03. The van der Waals surface area contributed by atoms with Crippen molar-refractivity contribution in [1.82, 2.24) is 9.55 Å². The van der Waals surface area contributed by atoms with Crippen LogP contribution in [0.5, 0.6) is 0 Å². The van der Waals surface area contributed by atoms with Gasteiger partial charge in [0.25, 0.3) is 0 Å². The van der Waals surface area contributed by atoms with Gasteiger partial charge in [0.2, 0.25) is 0 Å². The van der Waals surface area contributed by atoms with Crippen molar-refractivity contribution in [3.8, 4) is 11.1 Å². The first-order valence-electron chi connectivity index (χ1n) is 8.16. The number of aromatic nitrogens is 2. The molecule has 0 aliphatic carbocycles. The number of esters is 1. The quantitative estimate of drug-likeness (QED) is 0.475. The van der Waals surface area contributed by atoms with Crippen LogP contribution in [0.3, 0.4) is 0 Å². The standard InChI is InChI=1S/C19H18ClFN2O3/c1-3-26-9-8-23-11-14(12-4-6-15(20)16(21)10-12)13-5-7-17(19(24)25-2)22-18(13)23/h4-7,10-11H,3,8-9H2,1-2H3. The van der Waals surface area contributed by atoms with Crippen molar-refractivity contribution in [3.63, 3.8) is 0 Å². The molecule has 0 spiro atoms. The van der Waals surface area contributed by atoms with Gasteiger partial charge >= 0.3 is 5.97 Å². The van der Waals surface area contributed by atoms with E-state index in [2.05, 4.69) is 4.98 Å². The number of halogens is 2. The van der Waals surface area contributed by atoms with E-state index in [-0.39, 0.29) is 10.7 Å². The molecule has 2 aromatic heterocycles. The fraction of sp³-hybridized carbons (Fsp3) is 0.263. The molecule has 3 aromatic rings. The number of nitrogens with zero attached hydrogens (tertiary/aromatic N) is 2. The normalized spacial score (nSPS) is 11.1. The van der Waals surface area contributed by atoms with Gasteiger partial charge in [0.05, 0.1) is 18.7 Å². The van der Waals surface area contributed by atoms with Gasteiger partial charge in [-0.15, -0.1) is 0 Å². The largest absolute Gasteiger partial charge is 0.464 e. The van der Waals surface area contributed by atoms with Crippen molar-refractivity contribution in [3.05, 3.63) is 53.1 Å². The van der Waals surface area contributed by atoms with Crippen LogP contribution in [0.25, 0.3) is 22.2 Å². The summed E-state index contributed by atoms with van der Waals surface area (Å²) in [6.07, 6.45) is 1.88. The molecule has 136 valence electrons. The van der Waals surface area contributed by atoms with Gasteiger partial charge in [-0.05, 0) is 36.8 Å². The van der Waals surface area contributed by atoms with E-state index in [1.807, 2.05) is 17.7 Å². The van der Waals surface area contributed by atoms with Crippen LogP contribution in [0.1, 0.15) is 17.4 Å². The lowest BCUT2D eigenvalue weighted by molar-refractivity contribution is 0.0594. The lowest BCUT2D eigenvalue weighted by Crippen LogP contribution is -2.08. The van der Waals surface area contributed by atoms with Crippen molar-refractivity contribution in [2.75, 3.05) is 20.3 Å². The van der Waals surface area contributed by atoms with E-state index in [1.54, 1.807) is 18.2 Å². The summed E-state index contributed by atoms with van der Waals surface area (Å²) in [6, 6.07) is 8.04. The van der Waals surface area contributed by atoms with E-state index in [0.717, 1.165) is 10.9 Å². The molecule has 26 heavy (non-hydrogen) atoms. The summed E-state index contributed by atoms with van der Waals surface area (Å²) in [5.74, 6) is -0.998. The number of rotatable bonds is 6. The molecule has 7 heteroatoms. The highest BCUT2D eigenvalue weighted by Gasteiger charge is 2.16. The molecule has 0 amide bonds. The van der Waals surface area contributed by atoms with E-state index < -0.39 is 11.8 Å². The Kier molecular flexibility index (Phi) is 5.54. The molecule has 1 aromatic carbocycles. The van der Waals surface area contributed by atoms with Crippen molar-refractivity contribution < 1.29 is 18.7 Å². The van der Waals surface area contributed by atoms with Crippen molar-refractivity contribution in [2.24, 2.45) is 0 Å². The maximum atomic E-state index is 13.9. The predicted molar refractivity (Wildman–Crippen MR) is 98.0 cm³/mol. The molecule has 2 heterocycles. The van der Waals surface area contributed by atoms with Gasteiger partial charge in [-0.1, -0.05) is 17.7 Å². The van der Waals surface area contributed by atoms with Crippen molar-refractivity contribution in [2.45, 2.75) is 13.5 Å². The Balaban J connectivity index is 2.13. The highest BCUT2D eigenvalue weighted by atomic mass is 35.5. The summed E-state index contributed by atoms with van der Waals surface area (Å²) in [4.78, 5) is 16.2. The molecule has 0 aliphatic heterocycles. The maximum Gasteiger partial charge on any atom is 0.356 e. The number of methoxy groups -OCH3 is 1. The average molecular weight is 377 g/mol. The predicted octanol–water partition coefficient (Wildman–Crippen LogP) is 4.32. The van der Waals surface area contributed by atoms with Gasteiger partial charge in [-0.3, -0.25) is 0 Å². The van der Waals surface area contributed by atoms with Crippen molar-refractivity contribution in [1.29, 1.82) is 0 Å². The molecular formula is C19H18ClFN2O3. The van der Waals surface area contributed by atoms with E-state index in [1.165, 1.54) is 19.2 Å². The third-order valence-corrected chi connectivity index (χ3v) is 4.33. The van der Waals surface area contributed by atoms with Crippen LogP contribution in [-0.2, 0) is 16.0 Å². The monoisotopic (exact) mass is 376 g/mol. The number of pyridine rings is 1. The zero-order valence-corrected chi connectivity index (χ0v) is 15.2. The minimum absolute atomic E-state index is 0.0694. The third kappa shape index (κ3) is 3.57. The summed E-state index contributed by atoms with van der Waals surface area (Å²) >= 11 is 5.79. The van der Waals surface area contributed by atoms with Crippen LogP contribution in [0.15, 0.2) is 36.5 Å². The Morgan fingerprint density at radius 2 is 2.12 bits per heavy atom. The number of carbonyl (C=O) groups is 1. The molecule has 3 rings (SSSR count). The van der Waals surface area contributed by atoms with Gasteiger partial charge in [0, 0.05) is 30.3 Å². The maximum absolute atomic E-state index is 13.9. The second-order valence-corrected chi connectivity index (χ2v) is 6.03. The average Bonchev–Trinajstić information content (AvgIpc) is 3.01. The second-order valence-electron chi connectivity index (χ2n) is 5.62. The molecule has 0 aliphatic rings. The molecular weight excluding hydrogens is 359 g/mol. The molecule has 0 N–H and O–H groups in total. The highest BCUT2D eigenvalue weighted by molar-refractivity contribution is 6.30. The van der Waals surface area contributed by atoms with Crippen LogP contribution in [0.2, 0.25) is 5.02 Å². The highest BCUT2D eigenvalue weighted by Crippen LogP contribution is 2.32. The Morgan fingerprint density at radius 3 is 2.81 bits per heavy atom. The minimum Gasteiger partial charge on any atom is -0.464 e. The van der Waals surface area contributed by atoms with E-state index in [0.29, 0.717) is 31.0 Å². The number of carbonyl (C=O) groups excluding carboxylic acids is 1. The molecule has 0 bridgehead atoms. The number of benzene rings is 1.